The quantitative estimate of drug-likeness (QED) is 0.237. The fourth-order valence-corrected chi connectivity index (χ4v) is 7.27. The van der Waals surface area contributed by atoms with Gasteiger partial charge in [0.05, 0.1) is 24.8 Å². The van der Waals surface area contributed by atoms with Gasteiger partial charge in [0.15, 0.2) is 0 Å². The van der Waals surface area contributed by atoms with E-state index in [2.05, 4.69) is 16.8 Å². The maximum atomic E-state index is 14.4. The Morgan fingerprint density at radius 3 is 2.53 bits per heavy atom. The van der Waals surface area contributed by atoms with Gasteiger partial charge in [0.25, 0.3) is 11.8 Å². The van der Waals surface area contributed by atoms with E-state index in [1.54, 1.807) is 47.4 Å². The predicted octanol–water partition coefficient (Wildman–Crippen LogP) is 6.18. The van der Waals surface area contributed by atoms with Crippen molar-refractivity contribution in [3.8, 4) is 0 Å². The lowest BCUT2D eigenvalue weighted by Crippen LogP contribution is -2.59. The van der Waals surface area contributed by atoms with Crippen molar-refractivity contribution >= 4 is 45.0 Å². The van der Waals surface area contributed by atoms with Gasteiger partial charge in [0.1, 0.15) is 0 Å². The highest BCUT2D eigenvalue weighted by molar-refractivity contribution is 7.88. The van der Waals surface area contributed by atoms with Gasteiger partial charge in [-0.2, -0.15) is 0 Å². The summed E-state index contributed by atoms with van der Waals surface area (Å²) in [5.74, 6) is -1.67. The van der Waals surface area contributed by atoms with Crippen LogP contribution in [0.3, 0.4) is 0 Å². The van der Waals surface area contributed by atoms with Crippen molar-refractivity contribution in [3.63, 3.8) is 0 Å². The van der Waals surface area contributed by atoms with Crippen LogP contribution in [0, 0.1) is 6.92 Å². The number of hydroxylamine groups is 1. The van der Waals surface area contributed by atoms with E-state index in [1.807, 2.05) is 32.1 Å². The first-order chi connectivity index (χ1) is 20.4. The molecule has 1 aliphatic heterocycles. The third kappa shape index (κ3) is 7.96. The Bertz CT molecular complexity index is 1560. The maximum Gasteiger partial charge on any atom is 0.255 e. The normalized spacial score (nSPS) is 22.9. The highest BCUT2D eigenvalue weighted by atomic mass is 35.5. The number of rotatable bonds is 10. The highest BCUT2D eigenvalue weighted by Gasteiger charge is 2.49. The van der Waals surface area contributed by atoms with Gasteiger partial charge in [-0.15, -0.1) is 0 Å². The largest absolute Gasteiger partial charge is 0.326 e. The number of halogens is 2. The van der Waals surface area contributed by atoms with Gasteiger partial charge in [-0.1, -0.05) is 90.7 Å². The summed E-state index contributed by atoms with van der Waals surface area (Å²) >= 11 is 13.0. The first-order valence-electron chi connectivity index (χ1n) is 14.1. The highest BCUT2D eigenvalue weighted by Crippen LogP contribution is 2.48. The Morgan fingerprint density at radius 2 is 1.84 bits per heavy atom. The summed E-state index contributed by atoms with van der Waals surface area (Å²) in [6.45, 7) is 7.53. The molecule has 1 heterocycles. The van der Waals surface area contributed by atoms with Crippen molar-refractivity contribution in [3.05, 3.63) is 105 Å². The molecule has 0 bridgehead atoms. The van der Waals surface area contributed by atoms with Crippen LogP contribution in [-0.2, 0) is 19.7 Å². The van der Waals surface area contributed by atoms with Crippen LogP contribution in [-0.4, -0.2) is 50.1 Å². The summed E-state index contributed by atoms with van der Waals surface area (Å²) in [4.78, 5) is 35.8. The Hall–Kier alpha value is -2.95. The Balaban J connectivity index is 1.83. The number of fused-ring (bicyclic) bond motifs is 1. The second kappa shape index (κ2) is 14.2. The van der Waals surface area contributed by atoms with Gasteiger partial charge in [0, 0.05) is 27.7 Å². The third-order valence-electron chi connectivity index (χ3n) is 7.74. The number of allylic oxidation sites excluding steroid dienone is 4. The van der Waals surface area contributed by atoms with Gasteiger partial charge < -0.3 is 4.90 Å². The van der Waals surface area contributed by atoms with E-state index in [-0.39, 0.29) is 12.5 Å². The van der Waals surface area contributed by atoms with Crippen molar-refractivity contribution in [1.82, 2.24) is 15.1 Å². The van der Waals surface area contributed by atoms with Crippen LogP contribution in [0.15, 0.2) is 72.9 Å². The van der Waals surface area contributed by atoms with E-state index in [0.29, 0.717) is 39.6 Å². The van der Waals surface area contributed by atoms with E-state index in [4.69, 9.17) is 28.0 Å². The molecule has 2 aliphatic rings. The summed E-state index contributed by atoms with van der Waals surface area (Å²) in [5.41, 5.74) is 5.77. The molecule has 230 valence electrons. The predicted molar refractivity (Wildman–Crippen MR) is 171 cm³/mol. The molecule has 11 heteroatoms. The van der Waals surface area contributed by atoms with Gasteiger partial charge in [0.2, 0.25) is 10.0 Å². The smallest absolute Gasteiger partial charge is 0.255 e. The molecule has 1 saturated carbocycles. The summed E-state index contributed by atoms with van der Waals surface area (Å²) < 4.78 is 27.5. The molecule has 0 unspecified atom stereocenters. The first kappa shape index (κ1) is 33.0. The fourth-order valence-electron chi connectivity index (χ4n) is 5.92. The van der Waals surface area contributed by atoms with Gasteiger partial charge in [-0.25, -0.2) is 18.6 Å². The molecule has 8 nitrogen and oxygen atoms in total. The standard InChI is InChI=1S/C32H37Cl2N3O5S/c1-5-6-7-10-21(3)19-42-35-31(38)29-23-15-13-20(2)17-25(23)32(39)37(30(29)24-16-14-22(33)18-26(24)34)28-12-9-8-11-27(28)36-43(4,40)41/h5-7,10,13-18,27-30,36H,1,8-9,11-12,19H2,2-4H3,(H,35,38)/b7-6-,21-10+/t27-,28-,29+,30-/m0/s1. The lowest BCUT2D eigenvalue weighted by molar-refractivity contribution is -0.136. The number of sulfonamides is 1. The van der Waals surface area contributed by atoms with Crippen LogP contribution in [0.1, 0.15) is 71.6 Å². The Kier molecular flexibility index (Phi) is 10.9. The molecule has 0 spiro atoms. The minimum Gasteiger partial charge on any atom is -0.326 e. The van der Waals surface area contributed by atoms with Crippen molar-refractivity contribution in [2.24, 2.45) is 0 Å². The zero-order chi connectivity index (χ0) is 31.3. The average Bonchev–Trinajstić information content (AvgIpc) is 2.93. The lowest BCUT2D eigenvalue weighted by atomic mass is 9.76. The number of carbonyl (C=O) groups excluding carboxylic acids is 2. The number of hydrogen-bond acceptors (Lipinski definition) is 5. The zero-order valence-corrected chi connectivity index (χ0v) is 26.8. The molecule has 2 amide bonds. The monoisotopic (exact) mass is 645 g/mol. The Morgan fingerprint density at radius 1 is 1.12 bits per heavy atom. The number of aryl methyl sites for hydroxylation is 1. The maximum absolute atomic E-state index is 14.4. The van der Waals surface area contributed by atoms with Gasteiger partial charge >= 0.3 is 0 Å². The minimum atomic E-state index is -3.58. The van der Waals surface area contributed by atoms with Crippen LogP contribution >= 0.6 is 23.2 Å². The molecule has 1 aliphatic carbocycles. The number of nitrogens with zero attached hydrogens (tertiary/aromatic N) is 1. The van der Waals surface area contributed by atoms with Crippen LogP contribution < -0.4 is 10.2 Å². The number of nitrogens with one attached hydrogen (secondary N) is 2. The molecule has 4 atom stereocenters. The molecule has 0 aromatic heterocycles. The van der Waals surface area contributed by atoms with Crippen molar-refractivity contribution in [1.29, 1.82) is 0 Å². The number of amides is 2. The minimum absolute atomic E-state index is 0.138. The molecule has 0 saturated heterocycles. The topological polar surface area (TPSA) is 105 Å². The van der Waals surface area contributed by atoms with Crippen LogP contribution in [0.25, 0.3) is 0 Å². The van der Waals surface area contributed by atoms with E-state index in [1.165, 1.54) is 0 Å². The Labute approximate surface area is 263 Å². The number of hydrogen-bond donors (Lipinski definition) is 2. The van der Waals surface area contributed by atoms with E-state index in [0.717, 1.165) is 30.2 Å². The molecular weight excluding hydrogens is 609 g/mol. The second-order valence-corrected chi connectivity index (χ2v) is 13.8. The van der Waals surface area contributed by atoms with E-state index < -0.39 is 40.0 Å². The molecule has 2 N–H and O–H groups in total. The summed E-state index contributed by atoms with van der Waals surface area (Å²) in [6, 6.07) is 8.45. The zero-order valence-electron chi connectivity index (χ0n) is 24.5. The SMILES string of the molecule is C=C/C=C\C=C(/C)CONC(=O)[C@@H]1c2ccc(C)cc2C(=O)N([C@H]2CCCC[C@@H]2NS(C)(=O)=O)[C@H]1c1ccc(Cl)cc1Cl. The third-order valence-corrected chi connectivity index (χ3v) is 9.03. The van der Waals surface area contributed by atoms with Crippen molar-refractivity contribution in [2.75, 3.05) is 12.9 Å². The van der Waals surface area contributed by atoms with E-state index in [9.17, 15) is 18.0 Å². The van der Waals surface area contributed by atoms with Crippen LogP contribution in [0.2, 0.25) is 10.0 Å². The van der Waals surface area contributed by atoms with Gasteiger partial charge in [-0.3, -0.25) is 14.4 Å². The summed E-state index contributed by atoms with van der Waals surface area (Å²) in [7, 11) is -3.58. The number of benzene rings is 2. The van der Waals surface area contributed by atoms with E-state index >= 15 is 0 Å². The van der Waals surface area contributed by atoms with Crippen molar-refractivity contribution in [2.45, 2.75) is 63.6 Å². The van der Waals surface area contributed by atoms with Crippen molar-refractivity contribution < 1.29 is 22.8 Å². The fraction of sp³-hybridized carbons (Fsp3) is 0.375. The molecule has 2 aromatic rings. The first-order valence-corrected chi connectivity index (χ1v) is 16.8. The molecule has 43 heavy (non-hydrogen) atoms. The number of carbonyl (C=O) groups is 2. The molecular formula is C32H37Cl2N3O5S. The van der Waals surface area contributed by atoms with Gasteiger partial charge in [-0.05, 0) is 61.6 Å². The van der Waals surface area contributed by atoms with Crippen LogP contribution in [0.4, 0.5) is 0 Å². The lowest BCUT2D eigenvalue weighted by Gasteiger charge is -2.49. The van der Waals surface area contributed by atoms with Crippen LogP contribution in [0.5, 0.6) is 0 Å². The molecule has 4 rings (SSSR count). The summed E-state index contributed by atoms with van der Waals surface area (Å²) in [6.07, 6.45) is 10.9. The molecule has 2 aromatic carbocycles. The summed E-state index contributed by atoms with van der Waals surface area (Å²) in [5, 5.41) is 0.700. The molecule has 0 radical (unpaired) electrons. The second-order valence-electron chi connectivity index (χ2n) is 11.1. The molecule has 1 fully saturated rings. The average molecular weight is 647 g/mol.